The van der Waals surface area contributed by atoms with Crippen LogP contribution in [0.15, 0.2) is 0 Å². The summed E-state index contributed by atoms with van der Waals surface area (Å²) in [6.07, 6.45) is -8.16. The van der Waals surface area contributed by atoms with Crippen LogP contribution < -0.4 is 0 Å². The Morgan fingerprint density at radius 3 is 0.851 bits per heavy atom. The zero-order chi connectivity index (χ0) is 38.9. The number of rotatable bonds is 16. The molecule has 0 aromatic rings. The van der Waals surface area contributed by atoms with Gasteiger partial charge < -0.3 is 4.48 Å². The quantitative estimate of drug-likeness (QED) is 0.0982. The van der Waals surface area contributed by atoms with Crippen LogP contribution in [0.2, 0.25) is 0 Å². The highest BCUT2D eigenvalue weighted by Crippen LogP contribution is 2.67. The summed E-state index contributed by atoms with van der Waals surface area (Å²) in [5.74, 6) is -90.3. The average Bonchev–Trinajstić information content (AvgIpc) is 2.87. The molecule has 0 bridgehead atoms. The molecule has 0 aliphatic carbocycles. The largest absolute Gasteiger partial charge is 0.460 e. The van der Waals surface area contributed by atoms with Gasteiger partial charge in [-0.05, 0) is 20.8 Å². The van der Waals surface area contributed by atoms with Gasteiger partial charge in [-0.1, -0.05) is 0 Å². The zero-order valence-electron chi connectivity index (χ0n) is 22.7. The van der Waals surface area contributed by atoms with E-state index in [-0.39, 0.29) is 0 Å². The van der Waals surface area contributed by atoms with Gasteiger partial charge in [0.05, 0.1) is 19.6 Å². The van der Waals surface area contributed by atoms with Gasteiger partial charge in [0.15, 0.2) is 0 Å². The molecule has 4 nitrogen and oxygen atoms in total. The predicted octanol–water partition coefficient (Wildman–Crippen LogP) is 8.03. The normalized spacial score (nSPS) is 17.3. The summed E-state index contributed by atoms with van der Waals surface area (Å²) in [6, 6.07) is 0. The molecule has 1 N–H and O–H groups in total. The minimum atomic E-state index is -9.56. The second kappa shape index (κ2) is 11.9. The molecule has 0 rings (SSSR count). The molecule has 0 amide bonds. The summed E-state index contributed by atoms with van der Waals surface area (Å²) in [5.41, 5.74) is 0. The SMILES string of the molecule is CC[N+](CC)(CC)CC(C(F)(F)C(F)(F)C(F)(F)C(F)(F)C(F)(F)C(F)(F)C(F)(F)C(F)(F)C(F)(F)C(F)(F)C(F)(F)F)S(=O)(=O)O. The van der Waals surface area contributed by atoms with Crippen molar-refractivity contribution < 1.29 is 118 Å². The Labute approximate surface area is 247 Å². The maximum absolute atomic E-state index is 14.7. The summed E-state index contributed by atoms with van der Waals surface area (Å²) < 4.78 is 345. The van der Waals surface area contributed by atoms with Gasteiger partial charge in [0.1, 0.15) is 6.54 Å². The first-order valence-corrected chi connectivity index (χ1v) is 13.2. The number of hydrogen-bond acceptors (Lipinski definition) is 2. The molecule has 1 unspecified atom stereocenters. The molecule has 0 aliphatic rings. The van der Waals surface area contributed by atoms with Crippen LogP contribution >= 0.6 is 0 Å². The Balaban J connectivity index is 7.58. The molecule has 0 fully saturated rings. The number of alkyl halides is 23. The van der Waals surface area contributed by atoms with Crippen molar-refractivity contribution in [2.75, 3.05) is 26.2 Å². The maximum atomic E-state index is 14.7. The third kappa shape index (κ3) is 6.05. The Kier molecular flexibility index (Phi) is 11.5. The van der Waals surface area contributed by atoms with Crippen molar-refractivity contribution >= 4 is 10.1 Å². The molecule has 0 aromatic heterocycles. The number of nitrogens with zero attached hydrogens (tertiary/aromatic N) is 1. The molecule has 0 heterocycles. The van der Waals surface area contributed by atoms with Crippen molar-refractivity contribution in [2.45, 2.75) is 91.4 Å². The summed E-state index contributed by atoms with van der Waals surface area (Å²) in [6.45, 7) is -1.25. The molecular weight excluding hydrogens is 759 g/mol. The highest BCUT2D eigenvalue weighted by atomic mass is 32.2. The maximum Gasteiger partial charge on any atom is 0.460 e. The molecule has 0 radical (unpaired) electrons. The van der Waals surface area contributed by atoms with E-state index in [1.807, 2.05) is 0 Å². The Morgan fingerprint density at radius 1 is 0.447 bits per heavy atom. The topological polar surface area (TPSA) is 54.4 Å². The van der Waals surface area contributed by atoms with Gasteiger partial charge in [-0.15, -0.1) is 0 Å². The highest BCUT2D eigenvalue weighted by molar-refractivity contribution is 7.86. The third-order valence-electron chi connectivity index (χ3n) is 7.26. The van der Waals surface area contributed by atoms with E-state index in [1.54, 1.807) is 0 Å². The van der Waals surface area contributed by atoms with Gasteiger partial charge in [0.2, 0.25) is 5.25 Å². The van der Waals surface area contributed by atoms with Gasteiger partial charge >= 0.3 is 65.4 Å². The summed E-state index contributed by atoms with van der Waals surface area (Å²) in [7, 11) is -6.95. The van der Waals surface area contributed by atoms with Crippen LogP contribution in [0.25, 0.3) is 0 Å². The monoisotopic (exact) mass is 778 g/mol. The lowest BCUT2D eigenvalue weighted by molar-refractivity contribution is -0.923. The second-order valence-electron chi connectivity index (χ2n) is 9.77. The van der Waals surface area contributed by atoms with E-state index in [9.17, 15) is 109 Å². The summed E-state index contributed by atoms with van der Waals surface area (Å²) in [5, 5.41) is -4.78. The Morgan fingerprint density at radius 2 is 0.660 bits per heavy atom. The van der Waals surface area contributed by atoms with Crippen LogP contribution in [0, 0.1) is 0 Å². The predicted molar refractivity (Wildman–Crippen MR) is 108 cm³/mol. The van der Waals surface area contributed by atoms with Crippen molar-refractivity contribution in [3.63, 3.8) is 0 Å². The standard InChI is InChI=1S/C19H18F23NO3S/c1-4-43(5-2,6-3)7-8(47(44,45)46)9(20,21)10(22,23)11(24,25)12(26,27)13(28,29)14(30,31)15(32,33)16(34,35)17(36,37)18(38,39)19(40,41)42/h8H,4-7H2,1-3H3/p+1. The molecule has 0 aliphatic heterocycles. The molecule has 0 saturated heterocycles. The summed E-state index contributed by atoms with van der Waals surface area (Å²) >= 11 is 0. The van der Waals surface area contributed by atoms with Crippen molar-refractivity contribution in [3.8, 4) is 0 Å². The van der Waals surface area contributed by atoms with Gasteiger partial charge in [-0.2, -0.15) is 109 Å². The number of hydrogen-bond donors (Lipinski definition) is 1. The van der Waals surface area contributed by atoms with Crippen LogP contribution in [0.4, 0.5) is 101 Å². The van der Waals surface area contributed by atoms with Gasteiger partial charge in [-0.3, -0.25) is 4.55 Å². The van der Waals surface area contributed by atoms with E-state index in [4.69, 9.17) is 4.55 Å². The average molecular weight is 778 g/mol. The molecule has 47 heavy (non-hydrogen) atoms. The molecule has 0 saturated carbocycles. The van der Waals surface area contributed by atoms with Gasteiger partial charge in [-0.25, -0.2) is 0 Å². The molecule has 0 spiro atoms. The fraction of sp³-hybridized carbons (Fsp3) is 1.00. The summed E-state index contributed by atoms with van der Waals surface area (Å²) in [4.78, 5) is 0. The first-order chi connectivity index (χ1) is 20.0. The van der Waals surface area contributed by atoms with Crippen LogP contribution in [-0.2, 0) is 10.1 Å². The molecule has 28 heteroatoms. The van der Waals surface area contributed by atoms with Crippen molar-refractivity contribution in [1.82, 2.24) is 0 Å². The highest BCUT2D eigenvalue weighted by Gasteiger charge is 2.99. The molecular formula is C19H19F23NO3S+. The van der Waals surface area contributed by atoms with Crippen LogP contribution in [-0.4, -0.2) is 114 Å². The lowest BCUT2D eigenvalue weighted by Crippen LogP contribution is -2.78. The minimum Gasteiger partial charge on any atom is -0.323 e. The van der Waals surface area contributed by atoms with E-state index in [1.165, 1.54) is 0 Å². The molecule has 284 valence electrons. The number of halogens is 23. The second-order valence-corrected chi connectivity index (χ2v) is 11.4. The van der Waals surface area contributed by atoms with E-state index in [0.717, 1.165) is 20.8 Å². The fourth-order valence-corrected chi connectivity index (χ4v) is 4.80. The van der Waals surface area contributed by atoms with Crippen LogP contribution in [0.1, 0.15) is 20.8 Å². The van der Waals surface area contributed by atoms with Crippen molar-refractivity contribution in [3.05, 3.63) is 0 Å². The molecule has 1 atom stereocenters. The van der Waals surface area contributed by atoms with E-state index in [0.29, 0.717) is 0 Å². The van der Waals surface area contributed by atoms with Crippen molar-refractivity contribution in [1.29, 1.82) is 0 Å². The van der Waals surface area contributed by atoms with Crippen molar-refractivity contribution in [2.24, 2.45) is 0 Å². The third-order valence-corrected chi connectivity index (χ3v) is 8.42. The van der Waals surface area contributed by atoms with Crippen LogP contribution in [0.3, 0.4) is 0 Å². The van der Waals surface area contributed by atoms with Crippen LogP contribution in [0.5, 0.6) is 0 Å². The molecule has 0 aromatic carbocycles. The van der Waals surface area contributed by atoms with Gasteiger partial charge in [0.25, 0.3) is 10.1 Å². The Hall–Kier alpha value is -1.74. The minimum absolute atomic E-state index is 0.640. The first-order valence-electron chi connectivity index (χ1n) is 11.7. The van der Waals surface area contributed by atoms with E-state index in [2.05, 4.69) is 0 Å². The lowest BCUT2D eigenvalue weighted by Gasteiger charge is -2.46. The fourth-order valence-electron chi connectivity index (χ4n) is 3.78. The number of quaternary nitrogens is 1. The van der Waals surface area contributed by atoms with E-state index >= 15 is 0 Å². The zero-order valence-corrected chi connectivity index (χ0v) is 23.5. The van der Waals surface area contributed by atoms with E-state index < -0.39 is 111 Å². The van der Waals surface area contributed by atoms with Gasteiger partial charge in [0, 0.05) is 0 Å². The Bertz CT molecular complexity index is 1210. The lowest BCUT2D eigenvalue weighted by atomic mass is 9.85. The smallest absolute Gasteiger partial charge is 0.323 e. The first kappa shape index (κ1) is 45.3.